The molecule has 114 valence electrons. The fraction of sp³-hybridized carbons (Fsp3) is 0.462. The molecule has 1 aliphatic rings. The molecule has 1 aliphatic heterocycles. The molecule has 0 saturated carbocycles. The van der Waals surface area contributed by atoms with Crippen LogP contribution in [-0.4, -0.2) is 29.0 Å². The van der Waals surface area contributed by atoms with Crippen molar-refractivity contribution in [2.45, 2.75) is 25.4 Å². The van der Waals surface area contributed by atoms with Gasteiger partial charge in [-0.15, -0.1) is 0 Å². The molecule has 1 saturated heterocycles. The van der Waals surface area contributed by atoms with Crippen molar-refractivity contribution in [2.75, 3.05) is 6.54 Å². The van der Waals surface area contributed by atoms with Gasteiger partial charge in [-0.3, -0.25) is 4.68 Å². The van der Waals surface area contributed by atoms with Gasteiger partial charge in [0.25, 0.3) is 10.2 Å². The summed E-state index contributed by atoms with van der Waals surface area (Å²) in [5, 5.41) is 4.02. The van der Waals surface area contributed by atoms with Gasteiger partial charge < -0.3 is 4.42 Å². The predicted molar refractivity (Wildman–Crippen MR) is 76.4 cm³/mol. The lowest BCUT2D eigenvalue weighted by Gasteiger charge is -2.22. The Morgan fingerprint density at radius 2 is 2.33 bits per heavy atom. The number of hydrogen-bond donors (Lipinski definition) is 1. The van der Waals surface area contributed by atoms with Crippen molar-refractivity contribution in [3.63, 3.8) is 0 Å². The SMILES string of the molecule is Cn1nccc1CNS(=O)(=O)N1CCCC1c1ccco1. The molecule has 0 bridgehead atoms. The summed E-state index contributed by atoms with van der Waals surface area (Å²) in [7, 11) is -1.76. The summed E-state index contributed by atoms with van der Waals surface area (Å²) in [5.74, 6) is 0.693. The molecule has 3 rings (SSSR count). The van der Waals surface area contributed by atoms with Crippen LogP contribution in [0.4, 0.5) is 0 Å². The molecule has 2 aromatic rings. The average Bonchev–Trinajstić information content (AvgIpc) is 3.18. The monoisotopic (exact) mass is 310 g/mol. The van der Waals surface area contributed by atoms with E-state index in [1.165, 1.54) is 4.31 Å². The lowest BCUT2D eigenvalue weighted by atomic mass is 10.2. The lowest BCUT2D eigenvalue weighted by molar-refractivity contribution is 0.335. The largest absolute Gasteiger partial charge is 0.468 e. The van der Waals surface area contributed by atoms with Gasteiger partial charge in [-0.1, -0.05) is 0 Å². The Morgan fingerprint density at radius 3 is 3.00 bits per heavy atom. The maximum Gasteiger partial charge on any atom is 0.280 e. The second kappa shape index (κ2) is 5.63. The van der Waals surface area contributed by atoms with E-state index in [1.807, 2.05) is 6.07 Å². The van der Waals surface area contributed by atoms with E-state index in [1.54, 1.807) is 36.3 Å². The highest BCUT2D eigenvalue weighted by atomic mass is 32.2. The molecule has 3 heterocycles. The smallest absolute Gasteiger partial charge is 0.280 e. The summed E-state index contributed by atoms with van der Waals surface area (Å²) < 4.78 is 36.1. The number of aryl methyl sites for hydroxylation is 1. The minimum Gasteiger partial charge on any atom is -0.468 e. The number of hydrogen-bond acceptors (Lipinski definition) is 4. The molecule has 0 spiro atoms. The van der Waals surface area contributed by atoms with Gasteiger partial charge >= 0.3 is 0 Å². The summed E-state index contributed by atoms with van der Waals surface area (Å²) in [6.07, 6.45) is 4.82. The van der Waals surface area contributed by atoms with Crippen molar-refractivity contribution in [1.29, 1.82) is 0 Å². The quantitative estimate of drug-likeness (QED) is 0.899. The second-order valence-electron chi connectivity index (χ2n) is 5.06. The first kappa shape index (κ1) is 14.3. The molecule has 0 amide bonds. The molecule has 1 N–H and O–H groups in total. The van der Waals surface area contributed by atoms with Gasteiger partial charge in [0.1, 0.15) is 5.76 Å². The molecule has 1 fully saturated rings. The van der Waals surface area contributed by atoms with Crippen molar-refractivity contribution < 1.29 is 12.8 Å². The molecule has 7 nitrogen and oxygen atoms in total. The van der Waals surface area contributed by atoms with E-state index in [9.17, 15) is 8.42 Å². The zero-order valence-electron chi connectivity index (χ0n) is 11.8. The highest BCUT2D eigenvalue weighted by molar-refractivity contribution is 7.87. The molecule has 21 heavy (non-hydrogen) atoms. The zero-order chi connectivity index (χ0) is 14.9. The summed E-state index contributed by atoms with van der Waals surface area (Å²) in [6.45, 7) is 0.728. The Hall–Kier alpha value is -1.64. The van der Waals surface area contributed by atoms with Crippen molar-refractivity contribution in [3.05, 3.63) is 42.1 Å². The molecule has 1 atom stereocenters. The fourth-order valence-electron chi connectivity index (χ4n) is 2.62. The number of nitrogens with zero attached hydrogens (tertiary/aromatic N) is 3. The summed E-state index contributed by atoms with van der Waals surface area (Å²) in [5.41, 5.74) is 0.812. The van der Waals surface area contributed by atoms with Gasteiger partial charge in [0.15, 0.2) is 0 Å². The van der Waals surface area contributed by atoms with E-state index in [0.717, 1.165) is 18.5 Å². The van der Waals surface area contributed by atoms with Crippen LogP contribution in [0.3, 0.4) is 0 Å². The maximum atomic E-state index is 12.5. The van der Waals surface area contributed by atoms with Crippen LogP contribution < -0.4 is 4.72 Å². The molecule has 2 aromatic heterocycles. The van der Waals surface area contributed by atoms with Crippen molar-refractivity contribution in [1.82, 2.24) is 18.8 Å². The number of aromatic nitrogens is 2. The Bertz CT molecular complexity index is 693. The van der Waals surface area contributed by atoms with Crippen LogP contribution in [0.15, 0.2) is 35.1 Å². The number of nitrogens with one attached hydrogen (secondary N) is 1. The first-order valence-electron chi connectivity index (χ1n) is 6.84. The minimum absolute atomic E-state index is 0.218. The molecule has 0 radical (unpaired) electrons. The van der Waals surface area contributed by atoms with Crippen molar-refractivity contribution in [2.24, 2.45) is 7.05 Å². The van der Waals surface area contributed by atoms with E-state index in [0.29, 0.717) is 12.3 Å². The first-order valence-corrected chi connectivity index (χ1v) is 8.28. The third-order valence-electron chi connectivity index (χ3n) is 3.74. The van der Waals surface area contributed by atoms with Crippen molar-refractivity contribution in [3.8, 4) is 0 Å². The summed E-state index contributed by atoms with van der Waals surface area (Å²) >= 11 is 0. The highest BCUT2D eigenvalue weighted by Crippen LogP contribution is 2.33. The molecular weight excluding hydrogens is 292 g/mol. The Labute approximate surface area is 123 Å². The van der Waals surface area contributed by atoms with Gasteiger partial charge in [0.2, 0.25) is 0 Å². The summed E-state index contributed by atoms with van der Waals surface area (Å²) in [4.78, 5) is 0. The van der Waals surface area contributed by atoms with Crippen LogP contribution in [0.25, 0.3) is 0 Å². The number of rotatable bonds is 5. The Morgan fingerprint density at radius 1 is 1.48 bits per heavy atom. The topological polar surface area (TPSA) is 80.4 Å². The van der Waals surface area contributed by atoms with Crippen LogP contribution in [0.5, 0.6) is 0 Å². The maximum absolute atomic E-state index is 12.5. The molecule has 0 aliphatic carbocycles. The Balaban J connectivity index is 1.73. The van der Waals surface area contributed by atoms with Gasteiger partial charge in [-0.2, -0.15) is 22.5 Å². The van der Waals surface area contributed by atoms with Crippen molar-refractivity contribution >= 4 is 10.2 Å². The first-order chi connectivity index (χ1) is 10.1. The van der Waals surface area contributed by atoms with Crippen LogP contribution in [0.2, 0.25) is 0 Å². The van der Waals surface area contributed by atoms with Gasteiger partial charge in [0.05, 0.1) is 24.5 Å². The highest BCUT2D eigenvalue weighted by Gasteiger charge is 2.36. The van der Waals surface area contributed by atoms with Crippen LogP contribution in [0.1, 0.15) is 30.3 Å². The van der Waals surface area contributed by atoms with E-state index < -0.39 is 10.2 Å². The van der Waals surface area contributed by atoms with E-state index in [4.69, 9.17) is 4.42 Å². The van der Waals surface area contributed by atoms with Gasteiger partial charge in [-0.25, -0.2) is 0 Å². The molecule has 0 aromatic carbocycles. The average molecular weight is 310 g/mol. The second-order valence-corrected chi connectivity index (χ2v) is 6.76. The van der Waals surface area contributed by atoms with Crippen LogP contribution in [-0.2, 0) is 23.8 Å². The third-order valence-corrected chi connectivity index (χ3v) is 5.31. The summed E-state index contributed by atoms with van der Waals surface area (Å²) in [6, 6.07) is 5.17. The number of furan rings is 1. The fourth-order valence-corrected chi connectivity index (χ4v) is 4.03. The van der Waals surface area contributed by atoms with E-state index in [-0.39, 0.29) is 12.6 Å². The Kier molecular flexibility index (Phi) is 3.83. The van der Waals surface area contributed by atoms with E-state index >= 15 is 0 Å². The van der Waals surface area contributed by atoms with Gasteiger partial charge in [0, 0.05) is 19.8 Å². The lowest BCUT2D eigenvalue weighted by Crippen LogP contribution is -2.40. The molecule has 1 unspecified atom stereocenters. The normalized spacial score (nSPS) is 20.1. The molecular formula is C13H18N4O3S. The standard InChI is InChI=1S/C13H18N4O3S/c1-16-11(6-7-14-16)10-15-21(18,19)17-8-2-4-12(17)13-5-3-9-20-13/h3,5-7,9,12,15H,2,4,8,10H2,1H3. The molecule has 8 heteroatoms. The zero-order valence-corrected chi connectivity index (χ0v) is 12.6. The third kappa shape index (κ3) is 2.87. The van der Waals surface area contributed by atoms with E-state index in [2.05, 4.69) is 9.82 Å². The van der Waals surface area contributed by atoms with Crippen LogP contribution in [0, 0.1) is 0 Å². The van der Waals surface area contributed by atoms with Crippen LogP contribution >= 0.6 is 0 Å². The van der Waals surface area contributed by atoms with Gasteiger partial charge in [-0.05, 0) is 31.0 Å². The predicted octanol–water partition coefficient (Wildman–Crippen LogP) is 1.18. The minimum atomic E-state index is -3.55.